The molecule has 2 aromatic heterocycles. The molecular formula is C18H15Cl2N5OS. The van der Waals surface area contributed by atoms with Crippen LogP contribution in [0, 0.1) is 0 Å². The quantitative estimate of drug-likeness (QED) is 0.591. The fraction of sp³-hybridized carbons (Fsp3) is 0.222. The van der Waals surface area contributed by atoms with Crippen molar-refractivity contribution in [3.8, 4) is 5.69 Å². The van der Waals surface area contributed by atoms with E-state index in [2.05, 4.69) is 20.4 Å². The molecule has 1 aliphatic rings. The second kappa shape index (κ2) is 7.88. The van der Waals surface area contributed by atoms with Crippen molar-refractivity contribution in [3.05, 3.63) is 58.5 Å². The van der Waals surface area contributed by atoms with Crippen LogP contribution in [0.1, 0.15) is 24.6 Å². The number of halogens is 2. The Kier molecular flexibility index (Phi) is 5.33. The van der Waals surface area contributed by atoms with Crippen molar-refractivity contribution >= 4 is 46.7 Å². The first-order valence-electron chi connectivity index (χ1n) is 8.36. The van der Waals surface area contributed by atoms with E-state index in [0.29, 0.717) is 21.1 Å². The molecule has 0 spiro atoms. The summed E-state index contributed by atoms with van der Waals surface area (Å²) in [7, 11) is 0. The topological polar surface area (TPSA) is 72.7 Å². The summed E-state index contributed by atoms with van der Waals surface area (Å²) < 4.78 is 1.87. The van der Waals surface area contributed by atoms with E-state index in [4.69, 9.17) is 23.2 Å². The van der Waals surface area contributed by atoms with Crippen LogP contribution in [0.15, 0.2) is 47.8 Å². The van der Waals surface area contributed by atoms with Crippen LogP contribution in [0.4, 0.5) is 5.82 Å². The summed E-state index contributed by atoms with van der Waals surface area (Å²) >= 11 is 13.1. The minimum absolute atomic E-state index is 0.156. The molecule has 1 amide bonds. The molecule has 27 heavy (non-hydrogen) atoms. The highest BCUT2D eigenvalue weighted by atomic mass is 35.5. The van der Waals surface area contributed by atoms with Gasteiger partial charge in [0.2, 0.25) is 11.1 Å². The van der Waals surface area contributed by atoms with E-state index >= 15 is 0 Å². The average molecular weight is 420 g/mol. The monoisotopic (exact) mass is 419 g/mol. The zero-order valence-corrected chi connectivity index (χ0v) is 16.4. The maximum atomic E-state index is 12.2. The number of carbonyl (C=O) groups is 1. The largest absolute Gasteiger partial charge is 0.309 e. The number of anilines is 1. The van der Waals surface area contributed by atoms with E-state index in [-0.39, 0.29) is 17.5 Å². The summed E-state index contributed by atoms with van der Waals surface area (Å²) in [6.07, 6.45) is 3.68. The Hall–Kier alpha value is -2.09. The number of pyridine rings is 1. The molecule has 0 unspecified atom stereocenters. The number of para-hydroxylation sites is 1. The zero-order chi connectivity index (χ0) is 18.8. The first kappa shape index (κ1) is 18.3. The summed E-state index contributed by atoms with van der Waals surface area (Å²) in [6, 6.07) is 11.4. The maximum absolute atomic E-state index is 12.2. The van der Waals surface area contributed by atoms with Gasteiger partial charge in [0, 0.05) is 12.1 Å². The Morgan fingerprint density at radius 2 is 2.04 bits per heavy atom. The Balaban J connectivity index is 1.44. The highest BCUT2D eigenvalue weighted by molar-refractivity contribution is 7.99. The summed E-state index contributed by atoms with van der Waals surface area (Å²) in [5.41, 5.74) is 0.973. The van der Waals surface area contributed by atoms with Gasteiger partial charge in [-0.25, -0.2) is 14.6 Å². The van der Waals surface area contributed by atoms with Gasteiger partial charge in [-0.2, -0.15) is 0 Å². The fourth-order valence-electron chi connectivity index (χ4n) is 2.54. The third-order valence-electron chi connectivity index (χ3n) is 3.95. The van der Waals surface area contributed by atoms with Gasteiger partial charge in [-0.15, -0.1) is 5.10 Å². The number of amides is 1. The number of benzene rings is 1. The molecular weight excluding hydrogens is 405 g/mol. The van der Waals surface area contributed by atoms with Crippen LogP contribution < -0.4 is 5.32 Å². The molecule has 0 radical (unpaired) electrons. The van der Waals surface area contributed by atoms with Crippen molar-refractivity contribution in [2.45, 2.75) is 23.9 Å². The van der Waals surface area contributed by atoms with Gasteiger partial charge in [0.05, 0.1) is 21.5 Å². The Morgan fingerprint density at radius 1 is 1.26 bits per heavy atom. The molecule has 1 fully saturated rings. The van der Waals surface area contributed by atoms with Crippen molar-refractivity contribution in [2.24, 2.45) is 0 Å². The number of rotatable bonds is 6. The Morgan fingerprint density at radius 3 is 2.74 bits per heavy atom. The third-order valence-corrected chi connectivity index (χ3v) is 5.29. The van der Waals surface area contributed by atoms with Gasteiger partial charge in [-0.1, -0.05) is 53.2 Å². The number of thioether (sulfide) groups is 1. The predicted octanol–water partition coefficient (Wildman–Crippen LogP) is 4.58. The Labute approximate surface area is 170 Å². The number of aromatic nitrogens is 4. The maximum Gasteiger partial charge on any atom is 0.236 e. The van der Waals surface area contributed by atoms with Crippen LogP contribution in [0.3, 0.4) is 0 Å². The van der Waals surface area contributed by atoms with Gasteiger partial charge in [0.15, 0.2) is 5.82 Å². The molecule has 0 aliphatic heterocycles. The zero-order valence-electron chi connectivity index (χ0n) is 14.1. The van der Waals surface area contributed by atoms with Crippen molar-refractivity contribution in [1.82, 2.24) is 19.7 Å². The van der Waals surface area contributed by atoms with Gasteiger partial charge < -0.3 is 5.32 Å². The first-order valence-corrected chi connectivity index (χ1v) is 10.1. The van der Waals surface area contributed by atoms with Crippen LogP contribution in [0.25, 0.3) is 5.69 Å². The van der Waals surface area contributed by atoms with E-state index in [9.17, 15) is 4.79 Å². The molecule has 0 saturated heterocycles. The van der Waals surface area contributed by atoms with E-state index < -0.39 is 0 Å². The van der Waals surface area contributed by atoms with Gasteiger partial charge in [0.1, 0.15) is 5.82 Å². The molecule has 3 aromatic rings. The standard InChI is InChI=1S/C18H15Cl2N5OS/c19-12-8-14(20)16(21-9-12)22-15(26)10-27-18-23-17(11-6-7-11)25(24-18)13-4-2-1-3-5-13/h1-5,8-9,11H,6-7,10H2,(H,21,22,26). The highest BCUT2D eigenvalue weighted by Gasteiger charge is 2.30. The highest BCUT2D eigenvalue weighted by Crippen LogP contribution is 2.40. The summed E-state index contributed by atoms with van der Waals surface area (Å²) in [6.45, 7) is 0. The van der Waals surface area contributed by atoms with Crippen molar-refractivity contribution in [3.63, 3.8) is 0 Å². The number of nitrogens with zero attached hydrogens (tertiary/aromatic N) is 4. The van der Waals surface area contributed by atoms with Crippen LogP contribution in [0.2, 0.25) is 10.0 Å². The molecule has 1 aromatic carbocycles. The van der Waals surface area contributed by atoms with E-state index in [1.165, 1.54) is 24.0 Å². The lowest BCUT2D eigenvalue weighted by atomic mass is 10.3. The second-order valence-corrected chi connectivity index (χ2v) is 7.88. The summed E-state index contributed by atoms with van der Waals surface area (Å²) in [5.74, 6) is 1.60. The number of nitrogens with one attached hydrogen (secondary N) is 1. The molecule has 0 atom stereocenters. The Bertz CT molecular complexity index is 975. The molecule has 1 saturated carbocycles. The predicted molar refractivity (Wildman–Crippen MR) is 107 cm³/mol. The molecule has 1 N–H and O–H groups in total. The number of hydrogen-bond acceptors (Lipinski definition) is 5. The fourth-order valence-corrected chi connectivity index (χ4v) is 3.59. The molecule has 1 aliphatic carbocycles. The minimum atomic E-state index is -0.235. The lowest BCUT2D eigenvalue weighted by molar-refractivity contribution is -0.113. The molecule has 4 rings (SSSR count). The normalized spacial score (nSPS) is 13.6. The van der Waals surface area contributed by atoms with Gasteiger partial charge in [0.25, 0.3) is 0 Å². The van der Waals surface area contributed by atoms with Crippen molar-refractivity contribution in [1.29, 1.82) is 0 Å². The van der Waals surface area contributed by atoms with Crippen LogP contribution in [-0.4, -0.2) is 31.4 Å². The minimum Gasteiger partial charge on any atom is -0.309 e. The second-order valence-electron chi connectivity index (χ2n) is 6.10. The lowest BCUT2D eigenvalue weighted by Crippen LogP contribution is -2.15. The van der Waals surface area contributed by atoms with Crippen LogP contribution in [0.5, 0.6) is 0 Å². The van der Waals surface area contributed by atoms with E-state index in [1.807, 2.05) is 35.0 Å². The van der Waals surface area contributed by atoms with Crippen LogP contribution in [-0.2, 0) is 4.79 Å². The first-order chi connectivity index (χ1) is 13.1. The molecule has 138 valence electrons. The smallest absolute Gasteiger partial charge is 0.236 e. The lowest BCUT2D eigenvalue weighted by Gasteiger charge is -2.05. The number of hydrogen-bond donors (Lipinski definition) is 1. The van der Waals surface area contributed by atoms with Crippen molar-refractivity contribution in [2.75, 3.05) is 11.1 Å². The van der Waals surface area contributed by atoms with Gasteiger partial charge in [-0.05, 0) is 31.0 Å². The van der Waals surface area contributed by atoms with Crippen LogP contribution >= 0.6 is 35.0 Å². The summed E-state index contributed by atoms with van der Waals surface area (Å²) in [5, 5.41) is 8.53. The number of carbonyl (C=O) groups excluding carboxylic acids is 1. The molecule has 9 heteroatoms. The molecule has 0 bridgehead atoms. The van der Waals surface area contributed by atoms with Crippen molar-refractivity contribution < 1.29 is 4.79 Å². The van der Waals surface area contributed by atoms with E-state index in [1.54, 1.807) is 0 Å². The molecule has 2 heterocycles. The average Bonchev–Trinajstić information content (AvgIpc) is 3.42. The molecule has 6 nitrogen and oxygen atoms in total. The van der Waals surface area contributed by atoms with Gasteiger partial charge in [-0.3, -0.25) is 4.79 Å². The van der Waals surface area contributed by atoms with E-state index in [0.717, 1.165) is 24.4 Å². The summed E-state index contributed by atoms with van der Waals surface area (Å²) in [4.78, 5) is 20.9. The van der Waals surface area contributed by atoms with Gasteiger partial charge >= 0.3 is 0 Å². The third kappa shape index (κ3) is 4.43. The SMILES string of the molecule is O=C(CSc1nc(C2CC2)n(-c2ccccc2)n1)Nc1ncc(Cl)cc1Cl.